The molecular formula is C20H20FNO4. The molecule has 0 fully saturated rings. The average Bonchev–Trinajstić information content (AvgIpc) is 3.13. The van der Waals surface area contributed by atoms with E-state index in [0.717, 1.165) is 5.56 Å². The fourth-order valence-corrected chi connectivity index (χ4v) is 3.32. The van der Waals surface area contributed by atoms with Crippen LogP contribution >= 0.6 is 0 Å². The third-order valence-corrected chi connectivity index (χ3v) is 4.70. The Morgan fingerprint density at radius 1 is 1.27 bits per heavy atom. The minimum atomic E-state index is -1.08. The predicted molar refractivity (Wildman–Crippen MR) is 94.3 cm³/mol. The molecule has 1 atom stereocenters. The lowest BCUT2D eigenvalue weighted by Gasteiger charge is -2.19. The molecule has 1 amide bonds. The number of carboxylic acids is 1. The summed E-state index contributed by atoms with van der Waals surface area (Å²) in [6.45, 7) is 0. The molecule has 136 valence electrons. The van der Waals surface area contributed by atoms with Gasteiger partial charge in [-0.1, -0.05) is 18.2 Å². The van der Waals surface area contributed by atoms with E-state index in [1.54, 1.807) is 13.2 Å². The Kier molecular flexibility index (Phi) is 5.21. The van der Waals surface area contributed by atoms with Crippen molar-refractivity contribution in [3.8, 4) is 5.75 Å². The largest absolute Gasteiger partial charge is 0.497 e. The van der Waals surface area contributed by atoms with Crippen LogP contribution in [0.3, 0.4) is 0 Å². The van der Waals surface area contributed by atoms with E-state index in [2.05, 4.69) is 5.32 Å². The minimum Gasteiger partial charge on any atom is -0.497 e. The summed E-state index contributed by atoms with van der Waals surface area (Å²) < 4.78 is 19.7. The molecule has 6 heteroatoms. The van der Waals surface area contributed by atoms with Crippen molar-refractivity contribution in [1.29, 1.82) is 0 Å². The van der Waals surface area contributed by atoms with Crippen LogP contribution < -0.4 is 10.1 Å². The van der Waals surface area contributed by atoms with Crippen molar-refractivity contribution in [3.05, 3.63) is 64.7 Å². The summed E-state index contributed by atoms with van der Waals surface area (Å²) in [5, 5.41) is 11.7. The number of benzene rings is 1. The van der Waals surface area contributed by atoms with Crippen molar-refractivity contribution >= 4 is 11.9 Å². The maximum absolute atomic E-state index is 14.5. The fraction of sp³-hybridized carbons (Fsp3) is 0.300. The van der Waals surface area contributed by atoms with Crippen molar-refractivity contribution in [2.75, 3.05) is 7.11 Å². The molecule has 2 aliphatic carbocycles. The van der Waals surface area contributed by atoms with Crippen LogP contribution in [0, 0.1) is 0 Å². The van der Waals surface area contributed by atoms with Crippen molar-refractivity contribution < 1.29 is 23.8 Å². The van der Waals surface area contributed by atoms with E-state index in [-0.39, 0.29) is 22.8 Å². The SMILES string of the molecule is COc1cccc([C@H]2C=C(F)C(NC(=O)C3=C(C(=O)O)CCC3)=CC2)c1. The Morgan fingerprint density at radius 2 is 2.04 bits per heavy atom. The Morgan fingerprint density at radius 3 is 2.73 bits per heavy atom. The van der Waals surface area contributed by atoms with Crippen molar-refractivity contribution in [3.63, 3.8) is 0 Å². The van der Waals surface area contributed by atoms with Gasteiger partial charge in [-0.05, 0) is 49.5 Å². The summed E-state index contributed by atoms with van der Waals surface area (Å²) in [6.07, 6.45) is 5.02. The first-order valence-corrected chi connectivity index (χ1v) is 8.48. The van der Waals surface area contributed by atoms with Crippen LogP contribution in [0.15, 0.2) is 59.1 Å². The molecule has 2 N–H and O–H groups in total. The zero-order valence-electron chi connectivity index (χ0n) is 14.4. The first-order chi connectivity index (χ1) is 12.5. The maximum atomic E-state index is 14.5. The number of amides is 1. The van der Waals surface area contributed by atoms with Crippen molar-refractivity contribution in [2.24, 2.45) is 0 Å². The van der Waals surface area contributed by atoms with Crippen LogP contribution in [0.1, 0.15) is 37.2 Å². The lowest BCUT2D eigenvalue weighted by molar-refractivity contribution is -0.133. The maximum Gasteiger partial charge on any atom is 0.332 e. The quantitative estimate of drug-likeness (QED) is 0.844. The summed E-state index contributed by atoms with van der Waals surface area (Å²) in [5.41, 5.74) is 1.38. The van der Waals surface area contributed by atoms with Gasteiger partial charge in [0.25, 0.3) is 5.91 Å². The molecule has 1 aromatic carbocycles. The molecule has 2 aliphatic rings. The van der Waals surface area contributed by atoms with Crippen molar-refractivity contribution in [1.82, 2.24) is 5.32 Å². The van der Waals surface area contributed by atoms with E-state index in [1.807, 2.05) is 24.3 Å². The number of carbonyl (C=O) groups excluding carboxylic acids is 1. The third kappa shape index (κ3) is 3.69. The molecule has 0 bridgehead atoms. The van der Waals surface area contributed by atoms with E-state index < -0.39 is 17.7 Å². The van der Waals surface area contributed by atoms with Crippen LogP contribution in [0.4, 0.5) is 4.39 Å². The van der Waals surface area contributed by atoms with E-state index >= 15 is 0 Å². The van der Waals surface area contributed by atoms with Gasteiger partial charge in [0.05, 0.1) is 12.8 Å². The Labute approximate surface area is 150 Å². The number of hydrogen-bond donors (Lipinski definition) is 2. The van der Waals surface area contributed by atoms with Crippen LogP contribution in [0.25, 0.3) is 0 Å². The van der Waals surface area contributed by atoms with Gasteiger partial charge in [-0.2, -0.15) is 0 Å². The molecule has 26 heavy (non-hydrogen) atoms. The van der Waals surface area contributed by atoms with Crippen LogP contribution in [-0.2, 0) is 9.59 Å². The van der Waals surface area contributed by atoms with Gasteiger partial charge in [-0.15, -0.1) is 0 Å². The highest BCUT2D eigenvalue weighted by Crippen LogP contribution is 2.33. The van der Waals surface area contributed by atoms with Gasteiger partial charge in [-0.3, -0.25) is 4.79 Å². The summed E-state index contributed by atoms with van der Waals surface area (Å²) >= 11 is 0. The molecule has 0 spiro atoms. The van der Waals surface area contributed by atoms with Gasteiger partial charge in [0.2, 0.25) is 0 Å². The predicted octanol–water partition coefficient (Wildman–Crippen LogP) is 3.60. The Balaban J connectivity index is 1.73. The lowest BCUT2D eigenvalue weighted by atomic mass is 9.91. The molecule has 0 saturated heterocycles. The van der Waals surface area contributed by atoms with Gasteiger partial charge < -0.3 is 15.2 Å². The fourth-order valence-electron chi connectivity index (χ4n) is 3.32. The highest BCUT2D eigenvalue weighted by atomic mass is 19.1. The Bertz CT molecular complexity index is 838. The number of aliphatic carboxylic acids is 1. The molecule has 0 radical (unpaired) electrons. The molecule has 0 saturated carbocycles. The monoisotopic (exact) mass is 357 g/mol. The van der Waals surface area contributed by atoms with Gasteiger partial charge in [0.1, 0.15) is 11.6 Å². The van der Waals surface area contributed by atoms with Crippen LogP contribution in [0.2, 0.25) is 0 Å². The zero-order valence-corrected chi connectivity index (χ0v) is 14.4. The number of carboxylic acid groups (broad SMARTS) is 1. The van der Waals surface area contributed by atoms with Gasteiger partial charge in [0.15, 0.2) is 0 Å². The van der Waals surface area contributed by atoms with E-state index in [0.29, 0.717) is 31.4 Å². The number of nitrogens with one attached hydrogen (secondary N) is 1. The number of rotatable bonds is 5. The number of allylic oxidation sites excluding steroid dienone is 3. The molecule has 0 heterocycles. The highest BCUT2D eigenvalue weighted by Gasteiger charge is 2.27. The molecule has 0 aromatic heterocycles. The molecule has 1 aromatic rings. The van der Waals surface area contributed by atoms with Gasteiger partial charge >= 0.3 is 5.97 Å². The van der Waals surface area contributed by atoms with Crippen LogP contribution in [-0.4, -0.2) is 24.1 Å². The number of ether oxygens (including phenoxy) is 1. The summed E-state index contributed by atoms with van der Waals surface area (Å²) in [7, 11) is 1.58. The first-order valence-electron chi connectivity index (χ1n) is 8.48. The van der Waals surface area contributed by atoms with E-state index in [4.69, 9.17) is 9.84 Å². The summed E-state index contributed by atoms with van der Waals surface area (Å²) in [5.74, 6) is -1.58. The normalized spacial score (nSPS) is 19.7. The van der Waals surface area contributed by atoms with Gasteiger partial charge in [0, 0.05) is 17.1 Å². The second-order valence-electron chi connectivity index (χ2n) is 6.32. The molecule has 5 nitrogen and oxygen atoms in total. The second-order valence-corrected chi connectivity index (χ2v) is 6.32. The lowest BCUT2D eigenvalue weighted by Crippen LogP contribution is -2.26. The van der Waals surface area contributed by atoms with E-state index in [1.165, 1.54) is 6.08 Å². The summed E-state index contributed by atoms with van der Waals surface area (Å²) in [4.78, 5) is 23.5. The smallest absolute Gasteiger partial charge is 0.332 e. The van der Waals surface area contributed by atoms with Crippen molar-refractivity contribution in [2.45, 2.75) is 31.6 Å². The van der Waals surface area contributed by atoms with Crippen LogP contribution in [0.5, 0.6) is 5.75 Å². The summed E-state index contributed by atoms with van der Waals surface area (Å²) in [6, 6.07) is 7.43. The Hall–Kier alpha value is -2.89. The average molecular weight is 357 g/mol. The number of carbonyl (C=O) groups is 2. The molecular weight excluding hydrogens is 337 g/mol. The molecule has 3 rings (SSSR count). The molecule has 0 unspecified atom stereocenters. The van der Waals surface area contributed by atoms with E-state index in [9.17, 15) is 14.0 Å². The second kappa shape index (κ2) is 7.56. The topological polar surface area (TPSA) is 75.6 Å². The van der Waals surface area contributed by atoms with Gasteiger partial charge in [-0.25, -0.2) is 9.18 Å². The first kappa shape index (κ1) is 17.9. The minimum absolute atomic E-state index is 0.0956. The number of methoxy groups -OCH3 is 1. The zero-order chi connectivity index (χ0) is 18.7. The highest BCUT2D eigenvalue weighted by molar-refractivity contribution is 6.03. The molecule has 0 aliphatic heterocycles. The number of hydrogen-bond acceptors (Lipinski definition) is 3. The standard InChI is InChI=1S/C20H20FNO4/c1-26-14-5-2-4-12(10-14)13-8-9-18(17(21)11-13)22-19(23)15-6-3-7-16(15)20(24)25/h2,4-5,9-11,13H,3,6-8H2,1H3,(H,22,23)(H,24,25)/t13-/m1/s1. The number of halogens is 1. The third-order valence-electron chi connectivity index (χ3n) is 4.70.